The van der Waals surface area contributed by atoms with E-state index in [0.717, 1.165) is 34.4 Å². The molecule has 1 heterocycles. The minimum absolute atomic E-state index is 0.485. The molecule has 3 nitrogen and oxygen atoms in total. The molecule has 0 bridgehead atoms. The Balaban J connectivity index is 2.03. The Morgan fingerprint density at radius 3 is 2.74 bits per heavy atom. The van der Waals surface area contributed by atoms with Gasteiger partial charge < -0.3 is 9.47 Å². The van der Waals surface area contributed by atoms with Crippen LogP contribution in [0.5, 0.6) is 11.5 Å². The molecule has 2 rings (SSSR count). The van der Waals surface area contributed by atoms with Crippen LogP contribution >= 0.6 is 24.0 Å². The van der Waals surface area contributed by atoms with E-state index < -0.39 is 0 Å². The summed E-state index contributed by atoms with van der Waals surface area (Å²) in [7, 11) is 1.65. The van der Waals surface area contributed by atoms with E-state index >= 15 is 0 Å². The number of thiol groups is 1. The SMILES string of the molecule is CCc1nc(COc2cccc(OC)c2)sc1CS. The zero-order valence-electron chi connectivity index (χ0n) is 11.0. The molecule has 0 fully saturated rings. The average molecular weight is 295 g/mol. The first kappa shape index (κ1) is 14.2. The number of thiazole rings is 1. The standard InChI is InChI=1S/C14H17NO2S2/c1-3-12-13(9-18)19-14(15-12)8-17-11-6-4-5-10(7-11)16-2/h4-7,18H,3,8-9H2,1-2H3. The van der Waals surface area contributed by atoms with Gasteiger partial charge in [0.05, 0.1) is 12.8 Å². The minimum atomic E-state index is 0.485. The van der Waals surface area contributed by atoms with Crippen LogP contribution in [-0.2, 0) is 18.8 Å². The lowest BCUT2D eigenvalue weighted by atomic mass is 10.3. The van der Waals surface area contributed by atoms with E-state index in [2.05, 4.69) is 24.5 Å². The van der Waals surface area contributed by atoms with Crippen LogP contribution in [0.25, 0.3) is 0 Å². The summed E-state index contributed by atoms with van der Waals surface area (Å²) in [5.74, 6) is 2.32. The van der Waals surface area contributed by atoms with E-state index in [1.54, 1.807) is 18.4 Å². The van der Waals surface area contributed by atoms with Gasteiger partial charge in [-0.15, -0.1) is 11.3 Å². The van der Waals surface area contributed by atoms with Crippen LogP contribution in [0.1, 0.15) is 22.5 Å². The molecular weight excluding hydrogens is 278 g/mol. The monoisotopic (exact) mass is 295 g/mol. The number of aromatic nitrogens is 1. The molecule has 0 saturated carbocycles. The van der Waals surface area contributed by atoms with Crippen LogP contribution < -0.4 is 9.47 Å². The van der Waals surface area contributed by atoms with Gasteiger partial charge in [-0.25, -0.2) is 4.98 Å². The molecule has 1 aromatic carbocycles. The highest BCUT2D eigenvalue weighted by molar-refractivity contribution is 7.79. The number of nitrogens with zero attached hydrogens (tertiary/aromatic N) is 1. The maximum atomic E-state index is 5.73. The van der Waals surface area contributed by atoms with Gasteiger partial charge in [0.2, 0.25) is 0 Å². The Morgan fingerprint density at radius 1 is 1.32 bits per heavy atom. The third-order valence-electron chi connectivity index (χ3n) is 2.70. The van der Waals surface area contributed by atoms with Crippen LogP contribution in [0.15, 0.2) is 24.3 Å². The van der Waals surface area contributed by atoms with Gasteiger partial charge in [-0.3, -0.25) is 0 Å². The fourth-order valence-corrected chi connectivity index (χ4v) is 3.04. The van der Waals surface area contributed by atoms with Crippen LogP contribution in [-0.4, -0.2) is 12.1 Å². The van der Waals surface area contributed by atoms with E-state index in [1.807, 2.05) is 24.3 Å². The van der Waals surface area contributed by atoms with Crippen molar-refractivity contribution in [2.45, 2.75) is 25.7 Å². The van der Waals surface area contributed by atoms with Gasteiger partial charge in [-0.05, 0) is 18.6 Å². The van der Waals surface area contributed by atoms with Gasteiger partial charge in [-0.2, -0.15) is 12.6 Å². The van der Waals surface area contributed by atoms with Gasteiger partial charge in [0.25, 0.3) is 0 Å². The number of methoxy groups -OCH3 is 1. The van der Waals surface area contributed by atoms with Crippen molar-refractivity contribution in [3.8, 4) is 11.5 Å². The Kier molecular flexibility index (Phi) is 5.10. The van der Waals surface area contributed by atoms with Gasteiger partial charge in [0, 0.05) is 16.7 Å². The van der Waals surface area contributed by atoms with E-state index in [-0.39, 0.29) is 0 Å². The number of hydrogen-bond acceptors (Lipinski definition) is 5. The average Bonchev–Trinajstić information content (AvgIpc) is 2.87. The van der Waals surface area contributed by atoms with Crippen molar-refractivity contribution in [2.75, 3.05) is 7.11 Å². The molecule has 102 valence electrons. The number of ether oxygens (including phenoxy) is 2. The first-order valence-electron chi connectivity index (χ1n) is 6.12. The first-order valence-corrected chi connectivity index (χ1v) is 7.56. The zero-order valence-corrected chi connectivity index (χ0v) is 12.8. The molecule has 1 aromatic heterocycles. The molecule has 0 radical (unpaired) electrons. The van der Waals surface area contributed by atoms with Crippen molar-refractivity contribution in [2.24, 2.45) is 0 Å². The number of aryl methyl sites for hydroxylation is 1. The second-order valence-corrected chi connectivity index (χ2v) is 5.44. The molecular formula is C14H17NO2S2. The lowest BCUT2D eigenvalue weighted by Crippen LogP contribution is -1.95. The second kappa shape index (κ2) is 6.82. The van der Waals surface area contributed by atoms with Crippen LogP contribution in [0.4, 0.5) is 0 Å². The summed E-state index contributed by atoms with van der Waals surface area (Å²) >= 11 is 5.99. The third-order valence-corrected chi connectivity index (χ3v) is 4.31. The highest BCUT2D eigenvalue weighted by Crippen LogP contribution is 2.24. The Hall–Kier alpha value is -1.20. The number of rotatable bonds is 6. The molecule has 0 aliphatic rings. The smallest absolute Gasteiger partial charge is 0.140 e. The summed E-state index contributed by atoms with van der Waals surface area (Å²) in [5.41, 5.74) is 1.13. The van der Waals surface area contributed by atoms with Gasteiger partial charge >= 0.3 is 0 Å². The lowest BCUT2D eigenvalue weighted by molar-refractivity contribution is 0.303. The summed E-state index contributed by atoms with van der Waals surface area (Å²) in [4.78, 5) is 5.80. The highest BCUT2D eigenvalue weighted by atomic mass is 32.1. The first-order chi connectivity index (χ1) is 9.26. The summed E-state index contributed by atoms with van der Waals surface area (Å²) in [6.07, 6.45) is 0.936. The largest absolute Gasteiger partial charge is 0.497 e. The molecule has 0 amide bonds. The topological polar surface area (TPSA) is 31.4 Å². The van der Waals surface area contributed by atoms with Crippen molar-refractivity contribution < 1.29 is 9.47 Å². The Labute approximate surface area is 123 Å². The van der Waals surface area contributed by atoms with Crippen molar-refractivity contribution in [3.63, 3.8) is 0 Å². The fraction of sp³-hybridized carbons (Fsp3) is 0.357. The van der Waals surface area contributed by atoms with E-state index in [1.165, 1.54) is 4.88 Å². The summed E-state index contributed by atoms with van der Waals surface area (Å²) < 4.78 is 10.9. The molecule has 0 atom stereocenters. The molecule has 0 spiro atoms. The van der Waals surface area contributed by atoms with Crippen molar-refractivity contribution >= 4 is 24.0 Å². The van der Waals surface area contributed by atoms with Gasteiger partial charge in [0.15, 0.2) is 0 Å². The van der Waals surface area contributed by atoms with Crippen LogP contribution in [0.3, 0.4) is 0 Å². The van der Waals surface area contributed by atoms with E-state index in [4.69, 9.17) is 9.47 Å². The van der Waals surface area contributed by atoms with Crippen LogP contribution in [0.2, 0.25) is 0 Å². The van der Waals surface area contributed by atoms with Gasteiger partial charge in [-0.1, -0.05) is 13.0 Å². The van der Waals surface area contributed by atoms with Crippen molar-refractivity contribution in [1.82, 2.24) is 4.98 Å². The maximum Gasteiger partial charge on any atom is 0.140 e. The molecule has 19 heavy (non-hydrogen) atoms. The quantitative estimate of drug-likeness (QED) is 0.824. The molecule has 0 N–H and O–H groups in total. The van der Waals surface area contributed by atoms with E-state index in [0.29, 0.717) is 6.61 Å². The normalized spacial score (nSPS) is 10.5. The van der Waals surface area contributed by atoms with Crippen molar-refractivity contribution in [1.29, 1.82) is 0 Å². The van der Waals surface area contributed by atoms with Gasteiger partial charge in [0.1, 0.15) is 23.1 Å². The fourth-order valence-electron chi connectivity index (χ4n) is 1.73. The highest BCUT2D eigenvalue weighted by Gasteiger charge is 2.09. The predicted molar refractivity (Wildman–Crippen MR) is 81.5 cm³/mol. The molecule has 0 aliphatic heterocycles. The molecule has 5 heteroatoms. The summed E-state index contributed by atoms with van der Waals surface area (Å²) in [5, 5.41) is 0.990. The van der Waals surface area contributed by atoms with Crippen molar-refractivity contribution in [3.05, 3.63) is 39.8 Å². The Bertz CT molecular complexity index is 518. The number of benzene rings is 1. The molecule has 0 aliphatic carbocycles. The van der Waals surface area contributed by atoms with E-state index in [9.17, 15) is 0 Å². The number of hydrogen-bond donors (Lipinski definition) is 1. The molecule has 0 saturated heterocycles. The van der Waals surface area contributed by atoms with Crippen LogP contribution in [0, 0.1) is 0 Å². The maximum absolute atomic E-state index is 5.73. The predicted octanol–water partition coefficient (Wildman–Crippen LogP) is 3.72. The zero-order chi connectivity index (χ0) is 13.7. The molecule has 0 unspecified atom stereocenters. The molecule has 2 aromatic rings. The summed E-state index contributed by atoms with van der Waals surface area (Å²) in [6, 6.07) is 7.58. The second-order valence-electron chi connectivity index (χ2n) is 3.96. The Morgan fingerprint density at radius 2 is 2.11 bits per heavy atom. The lowest BCUT2D eigenvalue weighted by Gasteiger charge is -2.05. The third kappa shape index (κ3) is 3.64. The summed E-state index contributed by atoms with van der Waals surface area (Å²) in [6.45, 7) is 2.59. The minimum Gasteiger partial charge on any atom is -0.497 e.